The van der Waals surface area contributed by atoms with E-state index in [9.17, 15) is 9.00 Å². The summed E-state index contributed by atoms with van der Waals surface area (Å²) in [7, 11) is -0.652. The van der Waals surface area contributed by atoms with E-state index in [0.717, 1.165) is 30.8 Å². The summed E-state index contributed by atoms with van der Waals surface area (Å²) in [5, 5.41) is 2.95. The summed E-state index contributed by atoms with van der Waals surface area (Å²) in [4.78, 5) is 11.3. The summed E-state index contributed by atoms with van der Waals surface area (Å²) in [6.45, 7) is 0.558. The fraction of sp³-hybridized carbons (Fsp3) is 0.889. The molecule has 5 heteroatoms. The van der Waals surface area contributed by atoms with Crippen molar-refractivity contribution >= 4 is 16.7 Å². The van der Waals surface area contributed by atoms with E-state index in [0.29, 0.717) is 13.0 Å². The summed E-state index contributed by atoms with van der Waals surface area (Å²) in [5.74, 6) is 1.53. The fourth-order valence-electron chi connectivity index (χ4n) is 1.50. The number of amides is 1. The molecule has 3 N–H and O–H groups in total. The largest absolute Gasteiger partial charge is 0.353 e. The van der Waals surface area contributed by atoms with Gasteiger partial charge in [0.2, 0.25) is 5.91 Å². The molecule has 14 heavy (non-hydrogen) atoms. The second-order valence-corrected chi connectivity index (χ2v) is 5.28. The summed E-state index contributed by atoms with van der Waals surface area (Å²) in [6, 6.07) is 0.234. The second kappa shape index (κ2) is 6.14. The molecule has 0 aromatic rings. The molecule has 0 spiro atoms. The van der Waals surface area contributed by atoms with E-state index >= 15 is 0 Å². The maximum Gasteiger partial charge on any atom is 0.220 e. The average molecular weight is 218 g/mol. The Kier molecular flexibility index (Phi) is 5.11. The molecule has 1 aliphatic rings. The molecular formula is C9H18N2O2S. The van der Waals surface area contributed by atoms with Gasteiger partial charge in [-0.2, -0.15) is 0 Å². The quantitative estimate of drug-likeness (QED) is 0.683. The topological polar surface area (TPSA) is 72.2 Å². The van der Waals surface area contributed by atoms with Crippen LogP contribution in [0.4, 0.5) is 0 Å². The molecule has 0 atom stereocenters. The standard InChI is InChI=1S/C9H18N2O2S/c10-5-1-2-9(12)11-8-3-6-14(13)7-4-8/h8H,1-7,10H2,(H,11,12). The molecule has 82 valence electrons. The van der Waals surface area contributed by atoms with Crippen molar-refractivity contribution in [2.24, 2.45) is 5.73 Å². The Morgan fingerprint density at radius 3 is 2.64 bits per heavy atom. The van der Waals surface area contributed by atoms with Crippen LogP contribution in [0.5, 0.6) is 0 Å². The van der Waals surface area contributed by atoms with E-state index in [1.54, 1.807) is 0 Å². The highest BCUT2D eigenvalue weighted by atomic mass is 32.2. The van der Waals surface area contributed by atoms with Gasteiger partial charge < -0.3 is 11.1 Å². The SMILES string of the molecule is NCCCC(=O)NC1CCS(=O)CC1. The van der Waals surface area contributed by atoms with Crippen LogP contribution in [0.2, 0.25) is 0 Å². The lowest BCUT2D eigenvalue weighted by Gasteiger charge is -2.22. The minimum absolute atomic E-state index is 0.0770. The molecule has 0 unspecified atom stereocenters. The van der Waals surface area contributed by atoms with Gasteiger partial charge in [0, 0.05) is 34.8 Å². The van der Waals surface area contributed by atoms with Crippen LogP contribution in [0.3, 0.4) is 0 Å². The first-order chi connectivity index (χ1) is 6.72. The lowest BCUT2D eigenvalue weighted by molar-refractivity contribution is -0.121. The minimum atomic E-state index is -0.652. The van der Waals surface area contributed by atoms with Gasteiger partial charge in [0.1, 0.15) is 0 Å². The van der Waals surface area contributed by atoms with Gasteiger partial charge in [-0.3, -0.25) is 9.00 Å². The van der Waals surface area contributed by atoms with E-state index in [1.807, 2.05) is 0 Å². The molecule has 0 aromatic heterocycles. The number of rotatable bonds is 4. The molecule has 1 rings (SSSR count). The molecule has 1 saturated heterocycles. The van der Waals surface area contributed by atoms with Gasteiger partial charge in [-0.25, -0.2) is 0 Å². The van der Waals surface area contributed by atoms with Crippen molar-refractivity contribution < 1.29 is 9.00 Å². The van der Waals surface area contributed by atoms with E-state index in [-0.39, 0.29) is 11.9 Å². The van der Waals surface area contributed by atoms with Crippen molar-refractivity contribution in [3.8, 4) is 0 Å². The van der Waals surface area contributed by atoms with Crippen LogP contribution >= 0.6 is 0 Å². The first-order valence-electron chi connectivity index (χ1n) is 5.07. The fourth-order valence-corrected chi connectivity index (χ4v) is 2.80. The number of hydrogen-bond donors (Lipinski definition) is 2. The molecule has 0 saturated carbocycles. The molecule has 1 amide bonds. The Labute approximate surface area is 87.1 Å². The molecular weight excluding hydrogens is 200 g/mol. The van der Waals surface area contributed by atoms with Gasteiger partial charge in [0.05, 0.1) is 0 Å². The second-order valence-electron chi connectivity index (χ2n) is 3.58. The van der Waals surface area contributed by atoms with Crippen molar-refractivity contribution in [3.63, 3.8) is 0 Å². The molecule has 0 bridgehead atoms. The summed E-state index contributed by atoms with van der Waals surface area (Å²) in [6.07, 6.45) is 2.95. The van der Waals surface area contributed by atoms with Crippen molar-refractivity contribution in [2.75, 3.05) is 18.1 Å². The van der Waals surface area contributed by atoms with Gasteiger partial charge in [-0.15, -0.1) is 0 Å². The zero-order chi connectivity index (χ0) is 10.4. The van der Waals surface area contributed by atoms with E-state index in [1.165, 1.54) is 0 Å². The Hall–Kier alpha value is -0.420. The highest BCUT2D eigenvalue weighted by molar-refractivity contribution is 7.85. The van der Waals surface area contributed by atoms with E-state index in [4.69, 9.17) is 5.73 Å². The van der Waals surface area contributed by atoms with Gasteiger partial charge >= 0.3 is 0 Å². The van der Waals surface area contributed by atoms with Crippen molar-refractivity contribution in [3.05, 3.63) is 0 Å². The van der Waals surface area contributed by atoms with Crippen LogP contribution in [0.15, 0.2) is 0 Å². The average Bonchev–Trinajstić information content (AvgIpc) is 2.18. The van der Waals surface area contributed by atoms with Crippen LogP contribution in [0.1, 0.15) is 25.7 Å². The molecule has 1 heterocycles. The Morgan fingerprint density at radius 1 is 1.43 bits per heavy atom. The normalized spacial score (nSPS) is 27.2. The third-order valence-electron chi connectivity index (χ3n) is 2.36. The van der Waals surface area contributed by atoms with Crippen molar-refractivity contribution in [1.29, 1.82) is 0 Å². The Bertz CT molecular complexity index is 211. The number of nitrogens with one attached hydrogen (secondary N) is 1. The van der Waals surface area contributed by atoms with E-state index in [2.05, 4.69) is 5.32 Å². The maximum absolute atomic E-state index is 11.3. The van der Waals surface area contributed by atoms with Crippen LogP contribution in [0, 0.1) is 0 Å². The first kappa shape index (κ1) is 11.7. The smallest absolute Gasteiger partial charge is 0.220 e. The number of carbonyl (C=O) groups is 1. The Morgan fingerprint density at radius 2 is 2.07 bits per heavy atom. The van der Waals surface area contributed by atoms with Crippen LogP contribution in [-0.4, -0.2) is 34.2 Å². The number of hydrogen-bond acceptors (Lipinski definition) is 3. The van der Waals surface area contributed by atoms with Gasteiger partial charge in [-0.1, -0.05) is 0 Å². The molecule has 1 fully saturated rings. The third-order valence-corrected chi connectivity index (χ3v) is 3.74. The zero-order valence-corrected chi connectivity index (χ0v) is 9.15. The third kappa shape index (κ3) is 4.19. The number of carbonyl (C=O) groups excluding carboxylic acids is 1. The molecule has 1 aliphatic heterocycles. The van der Waals surface area contributed by atoms with Crippen LogP contribution < -0.4 is 11.1 Å². The van der Waals surface area contributed by atoms with Crippen molar-refractivity contribution in [2.45, 2.75) is 31.7 Å². The highest BCUT2D eigenvalue weighted by Gasteiger charge is 2.18. The zero-order valence-electron chi connectivity index (χ0n) is 8.33. The molecule has 0 radical (unpaired) electrons. The lowest BCUT2D eigenvalue weighted by atomic mass is 10.1. The van der Waals surface area contributed by atoms with Crippen molar-refractivity contribution in [1.82, 2.24) is 5.32 Å². The predicted molar refractivity (Wildman–Crippen MR) is 57.3 cm³/mol. The van der Waals surface area contributed by atoms with E-state index < -0.39 is 10.8 Å². The lowest BCUT2D eigenvalue weighted by Crippen LogP contribution is -2.39. The molecule has 0 aliphatic carbocycles. The summed E-state index contributed by atoms with van der Waals surface area (Å²) < 4.78 is 11.0. The number of nitrogens with two attached hydrogens (primary N) is 1. The summed E-state index contributed by atoms with van der Waals surface area (Å²) in [5.41, 5.74) is 5.31. The van der Waals surface area contributed by atoms with Gasteiger partial charge in [0.25, 0.3) is 0 Å². The maximum atomic E-state index is 11.3. The monoisotopic (exact) mass is 218 g/mol. The first-order valence-corrected chi connectivity index (χ1v) is 6.55. The minimum Gasteiger partial charge on any atom is -0.353 e. The predicted octanol–water partition coefficient (Wildman–Crippen LogP) is -0.247. The van der Waals surface area contributed by atoms with Gasteiger partial charge in [0.15, 0.2) is 0 Å². The van der Waals surface area contributed by atoms with Crippen LogP contribution in [0.25, 0.3) is 0 Å². The highest BCUT2D eigenvalue weighted by Crippen LogP contribution is 2.09. The molecule has 0 aromatic carbocycles. The summed E-state index contributed by atoms with van der Waals surface area (Å²) >= 11 is 0. The molecule has 4 nitrogen and oxygen atoms in total. The van der Waals surface area contributed by atoms with Crippen LogP contribution in [-0.2, 0) is 15.6 Å². The Balaban J connectivity index is 2.17. The van der Waals surface area contributed by atoms with Gasteiger partial charge in [-0.05, 0) is 25.8 Å².